The van der Waals surface area contributed by atoms with Gasteiger partial charge >= 0.3 is 0 Å². The fourth-order valence-corrected chi connectivity index (χ4v) is 5.21. The van der Waals surface area contributed by atoms with Crippen molar-refractivity contribution in [3.8, 4) is 0 Å². The molecule has 1 saturated heterocycles. The lowest BCUT2D eigenvalue weighted by atomic mass is 9.88. The first-order valence-corrected chi connectivity index (χ1v) is 11.6. The van der Waals surface area contributed by atoms with Gasteiger partial charge in [0.25, 0.3) is 5.91 Å². The van der Waals surface area contributed by atoms with Crippen molar-refractivity contribution >= 4 is 33.9 Å². The molecule has 0 saturated carbocycles. The summed E-state index contributed by atoms with van der Waals surface area (Å²) in [4.78, 5) is 19.2. The molecule has 0 aliphatic carbocycles. The molecule has 4 aromatic rings. The van der Waals surface area contributed by atoms with Gasteiger partial charge in [0, 0.05) is 47.1 Å². The summed E-state index contributed by atoms with van der Waals surface area (Å²) in [6, 6.07) is 20.1. The maximum absolute atomic E-state index is 12.8. The molecule has 156 valence electrons. The number of fused-ring (bicyclic) bond motifs is 1. The Morgan fingerprint density at radius 3 is 2.61 bits per heavy atom. The van der Waals surface area contributed by atoms with Gasteiger partial charge in [-0.3, -0.25) is 4.79 Å². The molecular formula is C26H25N3OS. The van der Waals surface area contributed by atoms with Crippen LogP contribution in [0.3, 0.4) is 0 Å². The van der Waals surface area contributed by atoms with Gasteiger partial charge in [0.15, 0.2) is 0 Å². The van der Waals surface area contributed by atoms with Crippen LogP contribution in [-0.4, -0.2) is 34.6 Å². The van der Waals surface area contributed by atoms with E-state index in [0.29, 0.717) is 18.1 Å². The second-order valence-electron chi connectivity index (χ2n) is 8.19. The van der Waals surface area contributed by atoms with Crippen LogP contribution in [0.4, 0.5) is 0 Å². The van der Waals surface area contributed by atoms with Crippen LogP contribution in [0.15, 0.2) is 72.2 Å². The molecule has 31 heavy (non-hydrogen) atoms. The van der Waals surface area contributed by atoms with Crippen LogP contribution in [0, 0.1) is 5.41 Å². The molecule has 5 rings (SSSR count). The van der Waals surface area contributed by atoms with Crippen molar-refractivity contribution in [3.05, 3.63) is 93.8 Å². The number of H-pyrrole nitrogens is 1. The molecule has 0 radical (unpaired) electrons. The van der Waals surface area contributed by atoms with E-state index in [1.807, 2.05) is 52.7 Å². The number of hydrogen-bond acceptors (Lipinski definition) is 3. The van der Waals surface area contributed by atoms with E-state index < -0.39 is 0 Å². The zero-order valence-corrected chi connectivity index (χ0v) is 18.1. The second-order valence-corrected chi connectivity index (χ2v) is 9.14. The number of amides is 1. The number of nitrogens with one attached hydrogen (secondary N) is 2. The third-order valence-electron chi connectivity index (χ3n) is 6.22. The standard InChI is InChI=1S/C26H25N3OS/c27-23(25-7-4-14-31-25)16-18-8-9-24-21(15-18)22(17-28-24)19-10-12-29(13-11-19)26(30)20-5-2-1-3-6-20/h1-9,14-15,17,19,27-28H,10-13,16H2. The fourth-order valence-electron chi connectivity index (χ4n) is 4.54. The predicted octanol–water partition coefficient (Wildman–Crippen LogP) is 5.86. The normalized spacial score (nSPS) is 14.8. The van der Waals surface area contributed by atoms with Crippen LogP contribution >= 0.6 is 11.3 Å². The topological polar surface area (TPSA) is 60.0 Å². The molecule has 0 bridgehead atoms. The quantitative estimate of drug-likeness (QED) is 0.385. The zero-order chi connectivity index (χ0) is 21.2. The number of likely N-dealkylation sites (tertiary alicyclic amines) is 1. The monoisotopic (exact) mass is 427 g/mol. The van der Waals surface area contributed by atoms with Crippen molar-refractivity contribution in [2.24, 2.45) is 0 Å². The van der Waals surface area contributed by atoms with Crippen LogP contribution < -0.4 is 0 Å². The predicted molar refractivity (Wildman–Crippen MR) is 127 cm³/mol. The first-order chi connectivity index (χ1) is 15.2. The summed E-state index contributed by atoms with van der Waals surface area (Å²) in [5.41, 5.74) is 5.09. The van der Waals surface area contributed by atoms with Gasteiger partial charge in [-0.25, -0.2) is 0 Å². The third-order valence-corrected chi connectivity index (χ3v) is 7.15. The Hall–Kier alpha value is -3.18. The first kappa shape index (κ1) is 19.8. The first-order valence-electron chi connectivity index (χ1n) is 10.7. The van der Waals surface area contributed by atoms with E-state index in [1.165, 1.54) is 16.5 Å². The molecule has 0 unspecified atom stereocenters. The van der Waals surface area contributed by atoms with Crippen molar-refractivity contribution in [2.45, 2.75) is 25.2 Å². The second kappa shape index (κ2) is 8.52. The highest BCUT2D eigenvalue weighted by molar-refractivity contribution is 7.12. The number of thiophene rings is 1. The van der Waals surface area contributed by atoms with Gasteiger partial charge in [-0.15, -0.1) is 11.3 Å². The highest BCUT2D eigenvalue weighted by atomic mass is 32.1. The molecular weight excluding hydrogens is 402 g/mol. The van der Waals surface area contributed by atoms with E-state index in [0.717, 1.165) is 41.9 Å². The van der Waals surface area contributed by atoms with Gasteiger partial charge in [-0.2, -0.15) is 0 Å². The number of benzene rings is 2. The van der Waals surface area contributed by atoms with Gasteiger partial charge in [-0.1, -0.05) is 30.3 Å². The lowest BCUT2D eigenvalue weighted by molar-refractivity contribution is 0.0713. The molecule has 1 fully saturated rings. The Labute approximate surface area is 186 Å². The Morgan fingerprint density at radius 1 is 1.06 bits per heavy atom. The summed E-state index contributed by atoms with van der Waals surface area (Å²) >= 11 is 1.62. The Balaban J connectivity index is 1.30. The van der Waals surface area contributed by atoms with Crippen LogP contribution in [0.5, 0.6) is 0 Å². The van der Waals surface area contributed by atoms with Crippen molar-refractivity contribution in [1.29, 1.82) is 5.41 Å². The van der Waals surface area contributed by atoms with Crippen molar-refractivity contribution in [1.82, 2.24) is 9.88 Å². The molecule has 3 heterocycles. The summed E-state index contributed by atoms with van der Waals surface area (Å²) in [7, 11) is 0. The number of piperidine rings is 1. The van der Waals surface area contributed by atoms with E-state index >= 15 is 0 Å². The highest BCUT2D eigenvalue weighted by Gasteiger charge is 2.26. The fraction of sp³-hybridized carbons (Fsp3) is 0.231. The molecule has 1 aliphatic heterocycles. The molecule has 4 nitrogen and oxygen atoms in total. The maximum Gasteiger partial charge on any atom is 0.253 e. The lowest BCUT2D eigenvalue weighted by Gasteiger charge is -2.32. The number of hydrogen-bond donors (Lipinski definition) is 2. The van der Waals surface area contributed by atoms with Crippen LogP contribution in [0.25, 0.3) is 10.9 Å². The minimum absolute atomic E-state index is 0.132. The molecule has 2 N–H and O–H groups in total. The number of carbonyl (C=O) groups is 1. The third kappa shape index (κ3) is 4.06. The number of nitrogens with zero attached hydrogens (tertiary/aromatic N) is 1. The molecule has 1 aliphatic rings. The Bertz CT molecular complexity index is 1200. The molecule has 1 amide bonds. The van der Waals surface area contributed by atoms with Crippen LogP contribution in [0.2, 0.25) is 0 Å². The van der Waals surface area contributed by atoms with Gasteiger partial charge < -0.3 is 15.3 Å². The van der Waals surface area contributed by atoms with E-state index in [9.17, 15) is 4.79 Å². The number of rotatable bonds is 5. The van der Waals surface area contributed by atoms with E-state index in [2.05, 4.69) is 29.4 Å². The van der Waals surface area contributed by atoms with Crippen LogP contribution in [-0.2, 0) is 6.42 Å². The van der Waals surface area contributed by atoms with Crippen LogP contribution in [0.1, 0.15) is 45.1 Å². The summed E-state index contributed by atoms with van der Waals surface area (Å²) < 4.78 is 0. The Morgan fingerprint density at radius 2 is 1.87 bits per heavy atom. The maximum atomic E-state index is 12.8. The average molecular weight is 428 g/mol. The van der Waals surface area contributed by atoms with Crippen molar-refractivity contribution < 1.29 is 4.79 Å². The molecule has 2 aromatic heterocycles. The van der Waals surface area contributed by atoms with E-state index in [-0.39, 0.29) is 5.91 Å². The largest absolute Gasteiger partial charge is 0.361 e. The van der Waals surface area contributed by atoms with Crippen molar-refractivity contribution in [3.63, 3.8) is 0 Å². The SMILES string of the molecule is N=C(Cc1ccc2[nH]cc(C3CCN(C(=O)c4ccccc4)CC3)c2c1)c1cccs1. The zero-order valence-electron chi connectivity index (χ0n) is 17.3. The van der Waals surface area contributed by atoms with Gasteiger partial charge in [0.2, 0.25) is 0 Å². The van der Waals surface area contributed by atoms with E-state index in [4.69, 9.17) is 5.41 Å². The number of carbonyl (C=O) groups excluding carboxylic acids is 1. The summed E-state index contributed by atoms with van der Waals surface area (Å²) in [5, 5.41) is 11.7. The molecule has 2 aromatic carbocycles. The van der Waals surface area contributed by atoms with Gasteiger partial charge in [0.1, 0.15) is 0 Å². The summed E-state index contributed by atoms with van der Waals surface area (Å²) in [5.74, 6) is 0.577. The van der Waals surface area contributed by atoms with E-state index in [1.54, 1.807) is 11.3 Å². The van der Waals surface area contributed by atoms with Gasteiger partial charge in [-0.05, 0) is 65.6 Å². The Kier molecular flexibility index (Phi) is 5.43. The number of aromatic amines is 1. The van der Waals surface area contributed by atoms with Gasteiger partial charge in [0.05, 0.1) is 5.71 Å². The summed E-state index contributed by atoms with van der Waals surface area (Å²) in [6.07, 6.45) is 4.73. The number of aromatic nitrogens is 1. The summed E-state index contributed by atoms with van der Waals surface area (Å²) in [6.45, 7) is 1.57. The minimum Gasteiger partial charge on any atom is -0.361 e. The molecule has 0 spiro atoms. The minimum atomic E-state index is 0.132. The lowest BCUT2D eigenvalue weighted by Crippen LogP contribution is -2.37. The smallest absolute Gasteiger partial charge is 0.253 e. The average Bonchev–Trinajstić information content (AvgIpc) is 3.50. The molecule has 5 heteroatoms. The molecule has 0 atom stereocenters. The highest BCUT2D eigenvalue weighted by Crippen LogP contribution is 2.34. The van der Waals surface area contributed by atoms with Crippen molar-refractivity contribution in [2.75, 3.05) is 13.1 Å².